The van der Waals surface area contributed by atoms with Gasteiger partial charge in [0.15, 0.2) is 16.8 Å². The number of thioether (sulfide) groups is 1. The van der Waals surface area contributed by atoms with Crippen LogP contribution >= 0.6 is 24.0 Å². The fourth-order valence-corrected chi connectivity index (χ4v) is 2.33. The van der Waals surface area contributed by atoms with Crippen LogP contribution in [-0.4, -0.2) is 20.3 Å². The zero-order chi connectivity index (χ0) is 12.6. The average Bonchev–Trinajstić information content (AvgIpc) is 2.54. The van der Waals surface area contributed by atoms with Crippen molar-refractivity contribution in [3.63, 3.8) is 0 Å². The minimum absolute atomic E-state index is 0.361. The van der Waals surface area contributed by atoms with Crippen LogP contribution in [0.2, 0.25) is 0 Å². The van der Waals surface area contributed by atoms with E-state index in [4.69, 9.17) is 18.0 Å². The first kappa shape index (κ1) is 12.3. The fourth-order valence-electron chi connectivity index (χ4n) is 1.43. The molecular formula is C10H9F2N3S2. The molecule has 0 aliphatic heterocycles. The molecule has 2 rings (SSSR count). The number of nitrogens with two attached hydrogens (primary N) is 1. The summed E-state index contributed by atoms with van der Waals surface area (Å²) in [6.45, 7) is 0. The van der Waals surface area contributed by atoms with Crippen molar-refractivity contribution in [3.05, 3.63) is 23.8 Å². The Morgan fingerprint density at radius 1 is 1.47 bits per heavy atom. The normalized spacial score (nSPS) is 11.0. The second-order valence-corrected chi connectivity index (χ2v) is 4.93. The molecule has 0 bridgehead atoms. The molecule has 0 unspecified atom stereocenters. The number of thiocarbonyl (C=S) groups is 1. The lowest BCUT2D eigenvalue weighted by molar-refractivity contribution is 0.510. The summed E-state index contributed by atoms with van der Waals surface area (Å²) in [6.07, 6.45) is 0. The zero-order valence-corrected chi connectivity index (χ0v) is 10.5. The van der Waals surface area contributed by atoms with E-state index in [1.807, 2.05) is 0 Å². The summed E-state index contributed by atoms with van der Waals surface area (Å²) < 4.78 is 27.8. The van der Waals surface area contributed by atoms with Crippen molar-refractivity contribution in [2.75, 3.05) is 5.75 Å². The van der Waals surface area contributed by atoms with Gasteiger partial charge in [0, 0.05) is 19.2 Å². The summed E-state index contributed by atoms with van der Waals surface area (Å²) in [7, 11) is 1.73. The summed E-state index contributed by atoms with van der Waals surface area (Å²) in [6, 6.07) is 2.21. The molecule has 1 aromatic carbocycles. The van der Waals surface area contributed by atoms with E-state index in [0.29, 0.717) is 26.9 Å². The van der Waals surface area contributed by atoms with E-state index in [2.05, 4.69) is 4.98 Å². The van der Waals surface area contributed by atoms with Crippen LogP contribution in [0.5, 0.6) is 0 Å². The van der Waals surface area contributed by atoms with E-state index >= 15 is 0 Å². The Balaban J connectivity index is 2.45. The number of rotatable bonds is 3. The molecule has 17 heavy (non-hydrogen) atoms. The lowest BCUT2D eigenvalue weighted by atomic mass is 10.3. The molecule has 0 fully saturated rings. The lowest BCUT2D eigenvalue weighted by Gasteiger charge is -2.00. The molecule has 0 atom stereocenters. The third-order valence-corrected chi connectivity index (χ3v) is 3.63. The Labute approximate surface area is 106 Å². The first-order valence-corrected chi connectivity index (χ1v) is 6.11. The van der Waals surface area contributed by atoms with Crippen LogP contribution in [0, 0.1) is 11.6 Å². The molecule has 0 aliphatic carbocycles. The molecule has 1 heterocycles. The Morgan fingerprint density at radius 2 is 2.12 bits per heavy atom. The lowest BCUT2D eigenvalue weighted by Crippen LogP contribution is -2.10. The predicted octanol–water partition coefficient (Wildman–Crippen LogP) is 2.23. The monoisotopic (exact) mass is 273 g/mol. The molecular weight excluding hydrogens is 264 g/mol. The van der Waals surface area contributed by atoms with Crippen LogP contribution in [0.25, 0.3) is 11.0 Å². The van der Waals surface area contributed by atoms with Gasteiger partial charge in [0.2, 0.25) is 0 Å². The molecule has 0 aliphatic rings. The van der Waals surface area contributed by atoms with Crippen molar-refractivity contribution in [3.8, 4) is 0 Å². The summed E-state index contributed by atoms with van der Waals surface area (Å²) >= 11 is 6.09. The molecule has 3 nitrogen and oxygen atoms in total. The number of aryl methyl sites for hydroxylation is 1. The Bertz CT molecular complexity index is 595. The van der Waals surface area contributed by atoms with Gasteiger partial charge in [-0.3, -0.25) is 0 Å². The number of hydrogen-bond acceptors (Lipinski definition) is 3. The van der Waals surface area contributed by atoms with Crippen molar-refractivity contribution in [1.29, 1.82) is 0 Å². The van der Waals surface area contributed by atoms with Gasteiger partial charge in [-0.1, -0.05) is 24.0 Å². The van der Waals surface area contributed by atoms with Gasteiger partial charge in [-0.05, 0) is 0 Å². The van der Waals surface area contributed by atoms with Gasteiger partial charge in [-0.25, -0.2) is 13.8 Å². The predicted molar refractivity (Wildman–Crippen MR) is 68.1 cm³/mol. The van der Waals surface area contributed by atoms with E-state index in [9.17, 15) is 8.78 Å². The van der Waals surface area contributed by atoms with Crippen molar-refractivity contribution < 1.29 is 8.78 Å². The van der Waals surface area contributed by atoms with Gasteiger partial charge in [0.05, 0.1) is 21.8 Å². The van der Waals surface area contributed by atoms with Gasteiger partial charge < -0.3 is 10.3 Å². The van der Waals surface area contributed by atoms with E-state index in [1.54, 1.807) is 11.6 Å². The van der Waals surface area contributed by atoms with Crippen LogP contribution in [0.4, 0.5) is 8.78 Å². The standard InChI is InChI=1S/C10H9F2N3S2/c1-15-8-3-6(12)5(11)2-7(8)14-10(15)17-4-9(13)16/h2-3H,4H2,1H3,(H2,13,16). The minimum Gasteiger partial charge on any atom is -0.393 e. The second kappa shape index (κ2) is 4.58. The number of fused-ring (bicyclic) bond motifs is 1. The van der Waals surface area contributed by atoms with Crippen molar-refractivity contribution in [2.24, 2.45) is 12.8 Å². The maximum Gasteiger partial charge on any atom is 0.169 e. The summed E-state index contributed by atoms with van der Waals surface area (Å²) in [5.41, 5.74) is 6.34. The molecule has 2 aromatic rings. The quantitative estimate of drug-likeness (QED) is 0.688. The summed E-state index contributed by atoms with van der Waals surface area (Å²) in [4.78, 5) is 4.55. The highest BCUT2D eigenvalue weighted by atomic mass is 32.2. The highest BCUT2D eigenvalue weighted by Gasteiger charge is 2.12. The van der Waals surface area contributed by atoms with Crippen LogP contribution < -0.4 is 5.73 Å². The smallest absolute Gasteiger partial charge is 0.169 e. The van der Waals surface area contributed by atoms with Crippen LogP contribution in [0.15, 0.2) is 17.3 Å². The van der Waals surface area contributed by atoms with E-state index in [-0.39, 0.29) is 0 Å². The molecule has 90 valence electrons. The number of halogens is 2. The Hall–Kier alpha value is -1.21. The van der Waals surface area contributed by atoms with Gasteiger partial charge in [0.1, 0.15) is 0 Å². The number of aromatic nitrogens is 2. The maximum atomic E-state index is 13.1. The molecule has 0 spiro atoms. The molecule has 1 aromatic heterocycles. The highest BCUT2D eigenvalue weighted by Crippen LogP contribution is 2.24. The van der Waals surface area contributed by atoms with Crippen LogP contribution in [0.3, 0.4) is 0 Å². The first-order chi connectivity index (χ1) is 7.99. The summed E-state index contributed by atoms with van der Waals surface area (Å²) in [5, 5.41) is 0.623. The van der Waals surface area contributed by atoms with E-state index in [0.717, 1.165) is 12.1 Å². The van der Waals surface area contributed by atoms with Gasteiger partial charge in [-0.15, -0.1) is 0 Å². The zero-order valence-electron chi connectivity index (χ0n) is 8.91. The molecule has 0 saturated heterocycles. The van der Waals surface area contributed by atoms with Crippen molar-refractivity contribution in [2.45, 2.75) is 5.16 Å². The van der Waals surface area contributed by atoms with E-state index in [1.165, 1.54) is 11.8 Å². The third-order valence-electron chi connectivity index (χ3n) is 2.23. The SMILES string of the molecule is Cn1c(SCC(N)=S)nc2cc(F)c(F)cc21. The van der Waals surface area contributed by atoms with Gasteiger partial charge >= 0.3 is 0 Å². The topological polar surface area (TPSA) is 43.8 Å². The molecule has 0 saturated carbocycles. The Kier molecular flexibility index (Phi) is 3.30. The molecule has 0 amide bonds. The molecule has 2 N–H and O–H groups in total. The second-order valence-electron chi connectivity index (χ2n) is 3.46. The molecule has 0 radical (unpaired) electrons. The molecule has 7 heteroatoms. The number of hydrogen-bond donors (Lipinski definition) is 1. The van der Waals surface area contributed by atoms with Crippen LogP contribution in [0.1, 0.15) is 0 Å². The van der Waals surface area contributed by atoms with Crippen molar-refractivity contribution >= 4 is 40.0 Å². The van der Waals surface area contributed by atoms with Crippen LogP contribution in [-0.2, 0) is 7.05 Å². The van der Waals surface area contributed by atoms with Gasteiger partial charge in [0.25, 0.3) is 0 Å². The maximum absolute atomic E-state index is 13.1. The first-order valence-electron chi connectivity index (χ1n) is 4.71. The number of nitrogens with zero attached hydrogens (tertiary/aromatic N) is 2. The summed E-state index contributed by atoms with van der Waals surface area (Å²) in [5.74, 6) is -1.34. The third kappa shape index (κ3) is 2.39. The van der Waals surface area contributed by atoms with Crippen molar-refractivity contribution in [1.82, 2.24) is 9.55 Å². The average molecular weight is 273 g/mol. The number of imidazole rings is 1. The largest absolute Gasteiger partial charge is 0.393 e. The highest BCUT2D eigenvalue weighted by molar-refractivity contribution is 8.00. The van der Waals surface area contributed by atoms with E-state index < -0.39 is 11.6 Å². The minimum atomic E-state index is -0.901. The Morgan fingerprint density at radius 3 is 2.76 bits per heavy atom. The fraction of sp³-hybridized carbons (Fsp3) is 0.200. The number of benzene rings is 1. The van der Waals surface area contributed by atoms with Gasteiger partial charge in [-0.2, -0.15) is 0 Å².